The molecular formula is C48H40IrN7-3. The topological polar surface area (TPSA) is 57.5 Å². The van der Waals surface area contributed by atoms with Gasteiger partial charge in [-0.3, -0.25) is 4.98 Å². The van der Waals surface area contributed by atoms with Crippen molar-refractivity contribution in [2.75, 3.05) is 0 Å². The second-order valence-corrected chi connectivity index (χ2v) is 13.6. The molecule has 0 unspecified atom stereocenters. The minimum Gasteiger partial charge on any atom is -0.574 e. The van der Waals surface area contributed by atoms with Crippen molar-refractivity contribution < 1.29 is 29.2 Å². The molecular weight excluding hydrogens is 867 g/mol. The maximum atomic E-state index is 4.12. The summed E-state index contributed by atoms with van der Waals surface area (Å²) >= 11 is 0. The van der Waals surface area contributed by atoms with Gasteiger partial charge in [0.15, 0.2) is 0 Å². The van der Waals surface area contributed by atoms with Crippen molar-refractivity contribution in [1.82, 2.24) is 24.3 Å². The zero-order chi connectivity index (χ0) is 38.1. The average molecular weight is 907 g/mol. The van der Waals surface area contributed by atoms with Gasteiger partial charge >= 0.3 is 0 Å². The Kier molecular flexibility index (Phi) is 11.1. The number of imidazole rings is 2. The Balaban J connectivity index is 0.000000135. The van der Waals surface area contributed by atoms with Gasteiger partial charge < -0.3 is 28.5 Å². The van der Waals surface area contributed by atoms with Gasteiger partial charge in [-0.15, -0.1) is 70.1 Å². The van der Waals surface area contributed by atoms with Gasteiger partial charge in [0.25, 0.3) is 0 Å². The maximum Gasteiger partial charge on any atom is 0.242 e. The fourth-order valence-corrected chi connectivity index (χ4v) is 6.97. The third-order valence-electron chi connectivity index (χ3n) is 10.4. The fraction of sp³-hybridized carbons (Fsp3) is 0.125. The van der Waals surface area contributed by atoms with Crippen molar-refractivity contribution in [2.24, 2.45) is 14.1 Å². The van der Waals surface area contributed by atoms with Crippen LogP contribution in [-0.4, -0.2) is 19.2 Å². The van der Waals surface area contributed by atoms with Crippen molar-refractivity contribution in [3.8, 4) is 22.8 Å². The van der Waals surface area contributed by atoms with E-state index in [-0.39, 0.29) is 20.1 Å². The number of aryl methyl sites for hydroxylation is 2. The summed E-state index contributed by atoms with van der Waals surface area (Å²) in [6, 6.07) is 48.6. The van der Waals surface area contributed by atoms with Gasteiger partial charge in [0.05, 0.1) is 14.1 Å². The molecule has 279 valence electrons. The van der Waals surface area contributed by atoms with Gasteiger partial charge in [0.2, 0.25) is 12.7 Å². The number of hydrogen-bond acceptors (Lipinski definition) is 2. The van der Waals surface area contributed by atoms with E-state index >= 15 is 0 Å². The molecule has 0 aliphatic heterocycles. The first kappa shape index (κ1) is 38.1. The van der Waals surface area contributed by atoms with Crippen molar-refractivity contribution in [2.45, 2.75) is 27.7 Å². The van der Waals surface area contributed by atoms with E-state index in [1.807, 2.05) is 47.5 Å². The van der Waals surface area contributed by atoms with Crippen LogP contribution in [0.3, 0.4) is 0 Å². The SMILES string of the molecule is Cc1c(C)[n+](C)[c-]n1-c1[c-]c2ccccc2c2ccccc12.Cc1c(C)[n+](C)[c-]n1-c1[c-]c2ccccc2c2ccccc12.[Ir].c1ccc(-c2ccn[n-]2)nc1. The van der Waals surface area contributed by atoms with E-state index in [1.54, 1.807) is 12.4 Å². The largest absolute Gasteiger partial charge is 0.574 e. The summed E-state index contributed by atoms with van der Waals surface area (Å²) in [5.74, 6) is 0. The van der Waals surface area contributed by atoms with Crippen LogP contribution < -0.4 is 14.2 Å². The van der Waals surface area contributed by atoms with E-state index in [1.165, 1.54) is 55.1 Å². The second kappa shape index (κ2) is 16.3. The molecule has 4 heterocycles. The van der Waals surface area contributed by atoms with Crippen molar-refractivity contribution in [1.29, 1.82) is 0 Å². The molecule has 6 aromatic carbocycles. The predicted molar refractivity (Wildman–Crippen MR) is 219 cm³/mol. The predicted octanol–water partition coefficient (Wildman–Crippen LogP) is 8.75. The zero-order valence-electron chi connectivity index (χ0n) is 32.2. The smallest absolute Gasteiger partial charge is 0.242 e. The molecule has 0 N–H and O–H groups in total. The number of benzene rings is 6. The van der Waals surface area contributed by atoms with E-state index in [9.17, 15) is 0 Å². The normalized spacial score (nSPS) is 10.9. The minimum absolute atomic E-state index is 0. The maximum absolute atomic E-state index is 4.12. The fourth-order valence-electron chi connectivity index (χ4n) is 6.97. The number of pyridine rings is 1. The Bertz CT molecular complexity index is 2770. The van der Waals surface area contributed by atoms with E-state index in [0.29, 0.717) is 0 Å². The molecule has 1 radical (unpaired) electrons. The molecule has 0 spiro atoms. The third kappa shape index (κ3) is 7.17. The van der Waals surface area contributed by atoms with Crippen LogP contribution in [0, 0.1) is 52.5 Å². The van der Waals surface area contributed by atoms with E-state index < -0.39 is 0 Å². The summed E-state index contributed by atoms with van der Waals surface area (Å²) in [5, 5.41) is 17.3. The molecule has 0 amide bonds. The third-order valence-corrected chi connectivity index (χ3v) is 10.4. The van der Waals surface area contributed by atoms with Gasteiger partial charge in [-0.1, -0.05) is 100 Å². The minimum atomic E-state index is 0. The molecule has 0 aliphatic rings. The molecule has 56 heavy (non-hydrogen) atoms. The number of fused-ring (bicyclic) bond motifs is 6. The molecule has 10 rings (SSSR count). The van der Waals surface area contributed by atoms with E-state index in [2.05, 4.69) is 174 Å². The zero-order valence-corrected chi connectivity index (χ0v) is 34.6. The Morgan fingerprint density at radius 2 is 0.929 bits per heavy atom. The first-order chi connectivity index (χ1) is 26.8. The first-order valence-electron chi connectivity index (χ1n) is 18.3. The summed E-state index contributed by atoms with van der Waals surface area (Å²) in [6.07, 6.45) is 10.2. The Hall–Kier alpha value is -6.21. The average Bonchev–Trinajstić information content (AvgIpc) is 3.94. The number of rotatable bonds is 3. The number of nitrogens with zero attached hydrogens (tertiary/aromatic N) is 7. The molecule has 0 aliphatic carbocycles. The molecule has 0 saturated heterocycles. The Labute approximate surface area is 340 Å². The monoisotopic (exact) mass is 907 g/mol. The Morgan fingerprint density at radius 1 is 0.500 bits per heavy atom. The second-order valence-electron chi connectivity index (χ2n) is 13.6. The van der Waals surface area contributed by atoms with Gasteiger partial charge in [-0.2, -0.15) is 0 Å². The van der Waals surface area contributed by atoms with Crippen LogP contribution in [-0.2, 0) is 34.2 Å². The van der Waals surface area contributed by atoms with Crippen LogP contribution in [0.2, 0.25) is 0 Å². The summed E-state index contributed by atoms with van der Waals surface area (Å²) in [7, 11) is 4.06. The molecule has 0 atom stereocenters. The molecule has 8 heteroatoms. The molecule has 0 fully saturated rings. The molecule has 7 nitrogen and oxygen atoms in total. The van der Waals surface area contributed by atoms with Crippen LogP contribution in [0.5, 0.6) is 0 Å². The van der Waals surface area contributed by atoms with Crippen LogP contribution in [0.25, 0.3) is 65.9 Å². The molecule has 0 bridgehead atoms. The van der Waals surface area contributed by atoms with Crippen LogP contribution >= 0.6 is 0 Å². The van der Waals surface area contributed by atoms with Crippen molar-refractivity contribution >= 4 is 43.1 Å². The van der Waals surface area contributed by atoms with Gasteiger partial charge in [-0.25, -0.2) is 0 Å². The van der Waals surface area contributed by atoms with Crippen molar-refractivity contribution in [3.63, 3.8) is 0 Å². The quantitative estimate of drug-likeness (QED) is 0.101. The summed E-state index contributed by atoms with van der Waals surface area (Å²) in [4.78, 5) is 4.12. The molecule has 0 saturated carbocycles. The van der Waals surface area contributed by atoms with Crippen LogP contribution in [0.4, 0.5) is 0 Å². The number of hydrogen-bond donors (Lipinski definition) is 0. The summed E-state index contributed by atoms with van der Waals surface area (Å²) in [6.45, 7) is 8.49. The van der Waals surface area contributed by atoms with Gasteiger partial charge in [-0.05, 0) is 51.2 Å². The Morgan fingerprint density at radius 3 is 1.32 bits per heavy atom. The van der Waals surface area contributed by atoms with Crippen molar-refractivity contribution in [3.05, 3.63) is 181 Å². The molecule has 4 aromatic heterocycles. The standard InChI is InChI=1S/2C20H17N2.C8H6N3.Ir/c2*1-14-15(2)22(13-21(14)3)20-12-16-8-4-5-9-17(16)18-10-6-7-11-19(18)20;1-2-5-9-7(3-1)8-4-6-10-11-8;/h2*4-11H,1-3H3;1-6H;/q3*-1;. The number of aromatic nitrogens is 7. The first-order valence-corrected chi connectivity index (χ1v) is 18.3. The summed E-state index contributed by atoms with van der Waals surface area (Å²) in [5.41, 5.74) is 8.64. The van der Waals surface area contributed by atoms with Crippen LogP contribution in [0.15, 0.2) is 134 Å². The van der Waals surface area contributed by atoms with E-state index in [4.69, 9.17) is 0 Å². The van der Waals surface area contributed by atoms with Gasteiger partial charge in [0, 0.05) is 61.0 Å². The van der Waals surface area contributed by atoms with E-state index in [0.717, 1.165) is 33.5 Å². The van der Waals surface area contributed by atoms with Gasteiger partial charge in [0.1, 0.15) is 0 Å². The molecule has 10 aromatic rings. The van der Waals surface area contributed by atoms with Crippen LogP contribution in [0.1, 0.15) is 22.8 Å². The summed E-state index contributed by atoms with van der Waals surface area (Å²) < 4.78 is 8.30.